The average molecular weight is 268 g/mol. The van der Waals surface area contributed by atoms with Gasteiger partial charge in [-0.2, -0.15) is 0 Å². The molecule has 1 aliphatic rings. The monoisotopic (exact) mass is 268 g/mol. The second-order valence-electron chi connectivity index (χ2n) is 4.91. The van der Waals surface area contributed by atoms with Crippen LogP contribution >= 0.6 is 0 Å². The van der Waals surface area contributed by atoms with E-state index in [4.69, 9.17) is 8.85 Å². The summed E-state index contributed by atoms with van der Waals surface area (Å²) in [4.78, 5) is 1.78. The lowest BCUT2D eigenvalue weighted by Crippen LogP contribution is -2.27. The maximum absolute atomic E-state index is 7.86. The van der Waals surface area contributed by atoms with E-state index in [0.29, 0.717) is 5.76 Å². The first-order chi connectivity index (χ1) is 10.9. The Bertz CT molecular complexity index is 737. The molecule has 2 heteroatoms. The first kappa shape index (κ1) is 9.65. The summed E-state index contributed by atoms with van der Waals surface area (Å²) >= 11 is 0. The lowest BCUT2D eigenvalue weighted by atomic mass is 10.1. The van der Waals surface area contributed by atoms with Crippen molar-refractivity contribution in [3.63, 3.8) is 0 Å². The Balaban J connectivity index is 2.12. The molecule has 2 aromatic carbocycles. The van der Waals surface area contributed by atoms with Gasteiger partial charge in [-0.1, -0.05) is 48.5 Å². The van der Waals surface area contributed by atoms with Gasteiger partial charge in [0.2, 0.25) is 0 Å². The first-order valence-electron chi connectivity index (χ1n) is 8.17. The number of nitrogens with zero attached hydrogens (tertiary/aromatic N) is 1. The van der Waals surface area contributed by atoms with Crippen molar-refractivity contribution in [1.82, 2.24) is 0 Å². The predicted octanol–water partition coefficient (Wildman–Crippen LogP) is 4.57. The van der Waals surface area contributed by atoms with Gasteiger partial charge in [0.15, 0.2) is 6.23 Å². The molecule has 3 rings (SSSR count). The SMILES string of the molecule is [2H]C([2H])([2H])C1OC(c2ccccc2)=C(C)N1c1ccccc1C. The lowest BCUT2D eigenvalue weighted by Gasteiger charge is -2.25. The molecule has 1 heterocycles. The highest BCUT2D eigenvalue weighted by Crippen LogP contribution is 2.37. The van der Waals surface area contributed by atoms with Crippen molar-refractivity contribution in [1.29, 1.82) is 0 Å². The van der Waals surface area contributed by atoms with Crippen LogP contribution in [0.2, 0.25) is 0 Å². The quantitative estimate of drug-likeness (QED) is 0.791. The normalized spacial score (nSPS) is 21.2. The Morgan fingerprint density at radius 1 is 1.00 bits per heavy atom. The van der Waals surface area contributed by atoms with Crippen molar-refractivity contribution in [3.8, 4) is 0 Å². The lowest BCUT2D eigenvalue weighted by molar-refractivity contribution is 0.211. The van der Waals surface area contributed by atoms with Crippen molar-refractivity contribution in [3.05, 3.63) is 71.4 Å². The van der Waals surface area contributed by atoms with E-state index in [-0.39, 0.29) is 0 Å². The molecule has 0 radical (unpaired) electrons. The van der Waals surface area contributed by atoms with E-state index in [2.05, 4.69) is 0 Å². The third kappa shape index (κ3) is 2.07. The molecule has 0 amide bonds. The Labute approximate surface area is 124 Å². The van der Waals surface area contributed by atoms with Gasteiger partial charge in [0.05, 0.1) is 5.70 Å². The summed E-state index contributed by atoms with van der Waals surface area (Å²) in [6, 6.07) is 17.4. The number of benzene rings is 2. The molecule has 0 aromatic heterocycles. The number of allylic oxidation sites excluding steroid dienone is 1. The highest BCUT2D eigenvalue weighted by Gasteiger charge is 2.30. The zero-order valence-electron chi connectivity index (χ0n) is 14.6. The van der Waals surface area contributed by atoms with E-state index in [1.54, 1.807) is 4.90 Å². The summed E-state index contributed by atoms with van der Waals surface area (Å²) in [6.07, 6.45) is -1.01. The average Bonchev–Trinajstić information content (AvgIpc) is 2.86. The molecule has 1 aliphatic heterocycles. The molecular weight excluding hydrogens is 246 g/mol. The smallest absolute Gasteiger partial charge is 0.173 e. The van der Waals surface area contributed by atoms with Gasteiger partial charge in [-0.05, 0) is 32.3 Å². The van der Waals surface area contributed by atoms with Crippen LogP contribution < -0.4 is 4.90 Å². The molecule has 0 bridgehead atoms. The van der Waals surface area contributed by atoms with E-state index in [1.165, 1.54) is 0 Å². The zero-order chi connectivity index (χ0) is 16.6. The van der Waals surface area contributed by atoms with Crippen LogP contribution in [0.25, 0.3) is 5.76 Å². The molecular formula is C18H19NO. The van der Waals surface area contributed by atoms with Crippen molar-refractivity contribution in [2.75, 3.05) is 4.90 Å². The summed E-state index contributed by atoms with van der Waals surface area (Å²) < 4.78 is 29.5. The fraction of sp³-hybridized carbons (Fsp3) is 0.222. The standard InChI is InChI=1S/C18H19NO/c1-13-9-7-8-12-17(13)19-14(2)18(20-15(19)3)16-10-5-4-6-11-16/h4-12,15H,1-3H3/i3D3. The fourth-order valence-corrected chi connectivity index (χ4v) is 2.54. The molecule has 2 aromatic rings. The number of para-hydroxylation sites is 1. The third-order valence-electron chi connectivity index (χ3n) is 3.56. The maximum Gasteiger partial charge on any atom is 0.173 e. The van der Waals surface area contributed by atoms with E-state index < -0.39 is 13.1 Å². The molecule has 0 spiro atoms. The van der Waals surface area contributed by atoms with Crippen molar-refractivity contribution in [2.24, 2.45) is 0 Å². The summed E-state index contributed by atoms with van der Waals surface area (Å²) in [5.74, 6) is 0.620. The molecule has 1 atom stereocenters. The van der Waals surface area contributed by atoms with Crippen LogP contribution in [0.3, 0.4) is 0 Å². The molecule has 0 N–H and O–H groups in total. The molecule has 1 unspecified atom stereocenters. The van der Waals surface area contributed by atoms with Crippen LogP contribution in [0.4, 0.5) is 5.69 Å². The van der Waals surface area contributed by atoms with Gasteiger partial charge in [-0.15, -0.1) is 0 Å². The summed E-state index contributed by atoms with van der Waals surface area (Å²) in [5.41, 5.74) is 3.57. The molecule has 0 saturated heterocycles. The largest absolute Gasteiger partial charge is 0.468 e. The number of anilines is 1. The van der Waals surface area contributed by atoms with Crippen molar-refractivity contribution < 1.29 is 8.85 Å². The van der Waals surface area contributed by atoms with Crippen molar-refractivity contribution >= 4 is 11.4 Å². The molecule has 20 heavy (non-hydrogen) atoms. The highest BCUT2D eigenvalue weighted by molar-refractivity contribution is 5.72. The van der Waals surface area contributed by atoms with E-state index in [1.807, 2.05) is 68.4 Å². The second-order valence-corrected chi connectivity index (χ2v) is 4.91. The molecule has 2 nitrogen and oxygen atoms in total. The van der Waals surface area contributed by atoms with Gasteiger partial charge in [0, 0.05) is 15.4 Å². The first-order valence-corrected chi connectivity index (χ1v) is 6.67. The maximum atomic E-state index is 7.86. The topological polar surface area (TPSA) is 12.5 Å². The number of hydrogen-bond acceptors (Lipinski definition) is 2. The predicted molar refractivity (Wildman–Crippen MR) is 83.2 cm³/mol. The van der Waals surface area contributed by atoms with E-state index >= 15 is 0 Å². The fourth-order valence-electron chi connectivity index (χ4n) is 2.54. The van der Waals surface area contributed by atoms with E-state index in [9.17, 15) is 0 Å². The Morgan fingerprint density at radius 2 is 1.70 bits per heavy atom. The molecule has 0 saturated carbocycles. The van der Waals surface area contributed by atoms with Crippen LogP contribution in [-0.2, 0) is 4.74 Å². The zero-order valence-corrected chi connectivity index (χ0v) is 11.6. The summed E-state index contributed by atoms with van der Waals surface area (Å²) in [6.45, 7) is 1.63. The number of aryl methyl sites for hydroxylation is 1. The van der Waals surface area contributed by atoms with Crippen LogP contribution in [0.5, 0.6) is 0 Å². The third-order valence-corrected chi connectivity index (χ3v) is 3.56. The second kappa shape index (κ2) is 5.04. The van der Waals surface area contributed by atoms with Crippen LogP contribution in [0.1, 0.15) is 29.0 Å². The van der Waals surface area contributed by atoms with Crippen molar-refractivity contribution in [2.45, 2.75) is 26.9 Å². The van der Waals surface area contributed by atoms with Crippen LogP contribution in [0.15, 0.2) is 60.3 Å². The van der Waals surface area contributed by atoms with Gasteiger partial charge >= 0.3 is 0 Å². The van der Waals surface area contributed by atoms with Gasteiger partial charge in [-0.25, -0.2) is 0 Å². The van der Waals surface area contributed by atoms with Gasteiger partial charge in [0.25, 0.3) is 0 Å². The molecule has 0 fully saturated rings. The number of ether oxygens (including phenoxy) is 1. The van der Waals surface area contributed by atoms with Gasteiger partial charge in [0.1, 0.15) is 5.76 Å². The van der Waals surface area contributed by atoms with Gasteiger partial charge in [-0.3, -0.25) is 0 Å². The van der Waals surface area contributed by atoms with E-state index in [0.717, 1.165) is 22.5 Å². The summed E-state index contributed by atoms with van der Waals surface area (Å²) in [7, 11) is 0. The highest BCUT2D eigenvalue weighted by atomic mass is 16.5. The van der Waals surface area contributed by atoms with Crippen LogP contribution in [-0.4, -0.2) is 6.23 Å². The minimum Gasteiger partial charge on any atom is -0.468 e. The minimum absolute atomic E-state index is 0.620. The van der Waals surface area contributed by atoms with Crippen LogP contribution in [0, 0.1) is 6.92 Å². The Morgan fingerprint density at radius 3 is 2.40 bits per heavy atom. The number of hydrogen-bond donors (Lipinski definition) is 0. The molecule has 102 valence electrons. The minimum atomic E-state index is -2.25. The Hall–Kier alpha value is -2.22. The molecule has 0 aliphatic carbocycles. The number of rotatable bonds is 2. The Kier molecular flexibility index (Phi) is 2.43. The van der Waals surface area contributed by atoms with Gasteiger partial charge < -0.3 is 9.64 Å². The summed E-state index contributed by atoms with van der Waals surface area (Å²) in [5, 5.41) is 0.